The third-order valence-corrected chi connectivity index (χ3v) is 3.50. The first-order valence-electron chi connectivity index (χ1n) is 6.89. The van der Waals surface area contributed by atoms with Gasteiger partial charge in [0.2, 0.25) is 0 Å². The molecule has 0 spiro atoms. The van der Waals surface area contributed by atoms with Gasteiger partial charge in [0.1, 0.15) is 0 Å². The van der Waals surface area contributed by atoms with Crippen molar-refractivity contribution in [3.8, 4) is 0 Å². The zero-order chi connectivity index (χ0) is 14.4. The fourth-order valence-electron chi connectivity index (χ4n) is 2.50. The molecule has 0 saturated heterocycles. The molecule has 2 atom stereocenters. The molecule has 0 bridgehead atoms. The van der Waals surface area contributed by atoms with Gasteiger partial charge in [0.15, 0.2) is 0 Å². The maximum atomic E-state index is 10.5. The number of aliphatic hydroxyl groups is 1. The average Bonchev–Trinajstić information content (AvgIpc) is 2.50. The van der Waals surface area contributed by atoms with Gasteiger partial charge in [0, 0.05) is 19.3 Å². The van der Waals surface area contributed by atoms with Gasteiger partial charge in [-0.3, -0.25) is 0 Å². The lowest BCUT2D eigenvalue weighted by molar-refractivity contribution is 0.142. The molecule has 1 unspecified atom stereocenters. The molecule has 0 heterocycles. The molecular formula is C17H22N2O. The number of para-hydroxylation sites is 1. The fraction of sp³-hybridized carbons (Fsp3) is 0.294. The van der Waals surface area contributed by atoms with Crippen molar-refractivity contribution >= 4 is 5.69 Å². The topological polar surface area (TPSA) is 35.5 Å². The summed E-state index contributed by atoms with van der Waals surface area (Å²) in [5, 5.41) is 13.5. The number of hydrogen-bond acceptors (Lipinski definition) is 3. The molecule has 2 N–H and O–H groups in total. The Balaban J connectivity index is 2.31. The van der Waals surface area contributed by atoms with Crippen molar-refractivity contribution in [2.75, 3.05) is 25.5 Å². The Labute approximate surface area is 120 Å². The van der Waals surface area contributed by atoms with E-state index in [0.29, 0.717) is 6.54 Å². The Hall–Kier alpha value is -1.84. The summed E-state index contributed by atoms with van der Waals surface area (Å²) in [7, 11) is 3.87. The van der Waals surface area contributed by atoms with E-state index in [1.165, 1.54) is 0 Å². The summed E-state index contributed by atoms with van der Waals surface area (Å²) < 4.78 is 0. The molecule has 0 saturated carbocycles. The molecule has 0 amide bonds. The van der Waals surface area contributed by atoms with Crippen molar-refractivity contribution in [3.05, 3.63) is 66.2 Å². The number of aliphatic hydroxyl groups excluding tert-OH is 1. The molecule has 0 fully saturated rings. The molecule has 0 aliphatic heterocycles. The molecular weight excluding hydrogens is 248 g/mol. The van der Waals surface area contributed by atoms with E-state index >= 15 is 0 Å². The summed E-state index contributed by atoms with van der Waals surface area (Å²) in [5.41, 5.74) is 2.21. The predicted octanol–water partition coefficient (Wildman–Crippen LogP) is 2.44. The first-order valence-corrected chi connectivity index (χ1v) is 6.89. The van der Waals surface area contributed by atoms with Crippen LogP contribution in [-0.4, -0.2) is 31.9 Å². The van der Waals surface area contributed by atoms with Crippen LogP contribution in [0.25, 0.3) is 0 Å². The minimum atomic E-state index is -0.479. The third kappa shape index (κ3) is 3.38. The Morgan fingerprint density at radius 3 is 2.10 bits per heavy atom. The molecule has 0 aliphatic rings. The second-order valence-corrected chi connectivity index (χ2v) is 4.93. The largest absolute Gasteiger partial charge is 0.389 e. The summed E-state index contributed by atoms with van der Waals surface area (Å²) in [6, 6.07) is 20.2. The Morgan fingerprint density at radius 1 is 1.00 bits per heavy atom. The fourth-order valence-corrected chi connectivity index (χ4v) is 2.50. The van der Waals surface area contributed by atoms with Gasteiger partial charge in [-0.1, -0.05) is 48.5 Å². The smallest absolute Gasteiger partial charge is 0.0909 e. The van der Waals surface area contributed by atoms with Gasteiger partial charge in [-0.25, -0.2) is 0 Å². The van der Waals surface area contributed by atoms with Crippen LogP contribution < -0.4 is 10.2 Å². The van der Waals surface area contributed by atoms with E-state index < -0.39 is 6.10 Å². The van der Waals surface area contributed by atoms with Crippen LogP contribution in [0, 0.1) is 0 Å². The lowest BCUT2D eigenvalue weighted by Gasteiger charge is -2.34. The SMILES string of the molecule is CNC[C@H](O)C(c1ccccc1)N(C)c1ccccc1. The van der Waals surface area contributed by atoms with Crippen molar-refractivity contribution < 1.29 is 5.11 Å². The van der Waals surface area contributed by atoms with Crippen LogP contribution in [0.2, 0.25) is 0 Å². The maximum absolute atomic E-state index is 10.5. The van der Waals surface area contributed by atoms with Crippen molar-refractivity contribution in [2.24, 2.45) is 0 Å². The van der Waals surface area contributed by atoms with Crippen LogP contribution in [0.5, 0.6) is 0 Å². The molecule has 106 valence electrons. The molecule has 20 heavy (non-hydrogen) atoms. The van der Waals surface area contributed by atoms with Gasteiger partial charge in [0.25, 0.3) is 0 Å². The number of rotatable bonds is 6. The third-order valence-electron chi connectivity index (χ3n) is 3.50. The number of nitrogens with one attached hydrogen (secondary N) is 1. The normalized spacial score (nSPS) is 13.8. The summed E-state index contributed by atoms with van der Waals surface area (Å²) in [5.74, 6) is 0. The number of anilines is 1. The summed E-state index contributed by atoms with van der Waals surface area (Å²) in [6.45, 7) is 0.552. The monoisotopic (exact) mass is 270 g/mol. The molecule has 2 rings (SSSR count). The molecule has 3 nitrogen and oxygen atoms in total. The van der Waals surface area contributed by atoms with E-state index in [-0.39, 0.29) is 6.04 Å². The van der Waals surface area contributed by atoms with E-state index in [1.54, 1.807) is 0 Å². The lowest BCUT2D eigenvalue weighted by atomic mass is 9.99. The van der Waals surface area contributed by atoms with Gasteiger partial charge >= 0.3 is 0 Å². The van der Waals surface area contributed by atoms with Crippen LogP contribution >= 0.6 is 0 Å². The summed E-state index contributed by atoms with van der Waals surface area (Å²) in [4.78, 5) is 2.12. The van der Waals surface area contributed by atoms with Gasteiger partial charge in [-0.2, -0.15) is 0 Å². The van der Waals surface area contributed by atoms with Crippen molar-refractivity contribution in [1.29, 1.82) is 0 Å². The van der Waals surface area contributed by atoms with Crippen LogP contribution in [-0.2, 0) is 0 Å². The Kier molecular flexibility index (Phi) is 5.16. The van der Waals surface area contributed by atoms with Crippen LogP contribution in [0.3, 0.4) is 0 Å². The average molecular weight is 270 g/mol. The van der Waals surface area contributed by atoms with E-state index in [1.807, 2.05) is 50.5 Å². The standard InChI is InChI=1S/C17H22N2O/c1-18-13-16(20)17(14-9-5-3-6-10-14)19(2)15-11-7-4-8-12-15/h3-12,16-18,20H,13H2,1-2H3/t16-,17?/m0/s1. The van der Waals surface area contributed by atoms with Crippen molar-refractivity contribution in [3.63, 3.8) is 0 Å². The van der Waals surface area contributed by atoms with Gasteiger partial charge in [-0.05, 0) is 24.7 Å². The first kappa shape index (κ1) is 14.6. The van der Waals surface area contributed by atoms with Gasteiger partial charge < -0.3 is 15.3 Å². The summed E-state index contributed by atoms with van der Waals surface area (Å²) >= 11 is 0. The molecule has 0 aromatic heterocycles. The predicted molar refractivity (Wildman–Crippen MR) is 84.0 cm³/mol. The Morgan fingerprint density at radius 2 is 1.55 bits per heavy atom. The second-order valence-electron chi connectivity index (χ2n) is 4.93. The molecule has 0 aliphatic carbocycles. The van der Waals surface area contributed by atoms with Crippen LogP contribution in [0.15, 0.2) is 60.7 Å². The van der Waals surface area contributed by atoms with Crippen molar-refractivity contribution in [2.45, 2.75) is 12.1 Å². The van der Waals surface area contributed by atoms with E-state index in [2.05, 4.69) is 34.5 Å². The summed E-state index contributed by atoms with van der Waals surface area (Å²) in [6.07, 6.45) is -0.479. The van der Waals surface area contributed by atoms with E-state index in [0.717, 1.165) is 11.3 Å². The van der Waals surface area contributed by atoms with Crippen LogP contribution in [0.1, 0.15) is 11.6 Å². The lowest BCUT2D eigenvalue weighted by Crippen LogP contribution is -2.39. The molecule has 3 heteroatoms. The van der Waals surface area contributed by atoms with Crippen LogP contribution in [0.4, 0.5) is 5.69 Å². The Bertz CT molecular complexity index is 501. The quantitative estimate of drug-likeness (QED) is 0.846. The zero-order valence-corrected chi connectivity index (χ0v) is 12.0. The maximum Gasteiger partial charge on any atom is 0.0909 e. The van der Waals surface area contributed by atoms with Crippen molar-refractivity contribution in [1.82, 2.24) is 5.32 Å². The minimum Gasteiger partial charge on any atom is -0.389 e. The number of benzene rings is 2. The molecule has 2 aromatic carbocycles. The molecule has 0 radical (unpaired) electrons. The number of likely N-dealkylation sites (N-methyl/N-ethyl adjacent to an activating group) is 2. The van der Waals surface area contributed by atoms with Gasteiger partial charge in [0.05, 0.1) is 12.1 Å². The number of hydrogen-bond donors (Lipinski definition) is 2. The highest BCUT2D eigenvalue weighted by Crippen LogP contribution is 2.28. The zero-order valence-electron chi connectivity index (χ0n) is 12.0. The molecule has 2 aromatic rings. The minimum absolute atomic E-state index is 0.0777. The number of nitrogens with zero attached hydrogens (tertiary/aromatic N) is 1. The van der Waals surface area contributed by atoms with E-state index in [4.69, 9.17) is 0 Å². The highest BCUT2D eigenvalue weighted by atomic mass is 16.3. The second kappa shape index (κ2) is 7.08. The van der Waals surface area contributed by atoms with E-state index in [9.17, 15) is 5.11 Å². The highest BCUT2D eigenvalue weighted by molar-refractivity contribution is 5.48. The van der Waals surface area contributed by atoms with Gasteiger partial charge in [-0.15, -0.1) is 0 Å². The first-order chi connectivity index (χ1) is 9.74. The highest BCUT2D eigenvalue weighted by Gasteiger charge is 2.25.